The first kappa shape index (κ1) is 16.3. The van der Waals surface area contributed by atoms with E-state index in [1.807, 2.05) is 0 Å². The van der Waals surface area contributed by atoms with E-state index in [-0.39, 0.29) is 5.92 Å². The molecule has 0 atom stereocenters. The van der Waals surface area contributed by atoms with Gasteiger partial charge in [-0.25, -0.2) is 0 Å². The van der Waals surface area contributed by atoms with Crippen LogP contribution in [-0.4, -0.2) is 33.8 Å². The third kappa shape index (κ3) is 3.16. The summed E-state index contributed by atoms with van der Waals surface area (Å²) in [5.41, 5.74) is 0. The summed E-state index contributed by atoms with van der Waals surface area (Å²) in [5.74, 6) is -0.239. The molecule has 0 bridgehead atoms. The molecule has 0 aliphatic rings. The van der Waals surface area contributed by atoms with E-state index < -0.39 is 20.6 Å². The fourth-order valence-electron chi connectivity index (χ4n) is 1.48. The first-order valence-corrected chi connectivity index (χ1v) is 7.96. The lowest BCUT2D eigenvalue weighted by Crippen LogP contribution is -2.20. The fourth-order valence-corrected chi connectivity index (χ4v) is 6.62. The smallest absolute Gasteiger partial charge is 0.311 e. The van der Waals surface area contributed by atoms with Crippen LogP contribution in [0, 0.1) is 5.92 Å². The first-order chi connectivity index (χ1) is 7.31. The Morgan fingerprint density at radius 3 is 1.12 bits per heavy atom. The van der Waals surface area contributed by atoms with Gasteiger partial charge in [-0.15, -0.1) is 0 Å². The Kier molecular flexibility index (Phi) is 6.41. The third-order valence-electron chi connectivity index (χ3n) is 2.26. The molecule has 16 heavy (non-hydrogen) atoms. The molecule has 6 nitrogen and oxygen atoms in total. The Balaban J connectivity index is 5.48. The zero-order chi connectivity index (χ0) is 13.0. The van der Waals surface area contributed by atoms with Gasteiger partial charge in [-0.1, -0.05) is 13.8 Å². The van der Waals surface area contributed by atoms with Crippen molar-refractivity contribution in [2.75, 3.05) is 28.4 Å². The van der Waals surface area contributed by atoms with Crippen molar-refractivity contribution < 1.29 is 27.2 Å². The van der Waals surface area contributed by atoms with Crippen LogP contribution >= 0.6 is 15.2 Å². The second-order valence-electron chi connectivity index (χ2n) is 3.47. The van der Waals surface area contributed by atoms with E-state index in [1.165, 1.54) is 28.4 Å². The van der Waals surface area contributed by atoms with Crippen molar-refractivity contribution in [3.8, 4) is 0 Å². The highest BCUT2D eigenvalue weighted by Gasteiger charge is 2.50. The third-order valence-corrected chi connectivity index (χ3v) is 8.48. The Labute approximate surface area is 96.7 Å². The molecule has 0 fully saturated rings. The SMILES string of the molecule is COP(=O)(OC)C(C(C)C)P(=O)(OC)OC. The molecule has 0 N–H and O–H groups in total. The lowest BCUT2D eigenvalue weighted by molar-refractivity contribution is 0.238. The van der Waals surface area contributed by atoms with Crippen molar-refractivity contribution in [2.24, 2.45) is 5.92 Å². The van der Waals surface area contributed by atoms with Crippen LogP contribution in [0.15, 0.2) is 0 Å². The summed E-state index contributed by atoms with van der Waals surface area (Å²) < 4.78 is 44.0. The Hall–Kier alpha value is 0.300. The molecule has 0 aromatic carbocycles. The van der Waals surface area contributed by atoms with E-state index >= 15 is 0 Å². The van der Waals surface area contributed by atoms with Crippen molar-refractivity contribution >= 4 is 15.2 Å². The summed E-state index contributed by atoms with van der Waals surface area (Å²) in [5, 5.41) is -0.940. The quantitative estimate of drug-likeness (QED) is 0.665. The van der Waals surface area contributed by atoms with Gasteiger partial charge in [0.05, 0.1) is 0 Å². The highest BCUT2D eigenvalue weighted by molar-refractivity contribution is 7.72. The van der Waals surface area contributed by atoms with Crippen LogP contribution in [0.5, 0.6) is 0 Å². The average Bonchev–Trinajstić information content (AvgIpc) is 2.28. The number of rotatable bonds is 7. The lowest BCUT2D eigenvalue weighted by atomic mass is 10.3. The van der Waals surface area contributed by atoms with Gasteiger partial charge in [0, 0.05) is 28.4 Å². The maximum Gasteiger partial charge on any atom is 0.345 e. The fraction of sp³-hybridized carbons (Fsp3) is 1.00. The topological polar surface area (TPSA) is 71.1 Å². The minimum atomic E-state index is -3.52. The zero-order valence-corrected chi connectivity index (χ0v) is 12.3. The standard InChI is InChI=1S/C8H20O6P2/c1-7(2)8(15(9,11-3)12-4)16(10,13-5)14-6/h7-8H,1-6H3. The van der Waals surface area contributed by atoms with Gasteiger partial charge < -0.3 is 18.1 Å². The van der Waals surface area contributed by atoms with E-state index in [4.69, 9.17) is 18.1 Å². The first-order valence-electron chi connectivity index (χ1n) is 4.73. The molecular formula is C8H20O6P2. The van der Waals surface area contributed by atoms with Crippen LogP contribution in [0.3, 0.4) is 0 Å². The van der Waals surface area contributed by atoms with E-state index in [9.17, 15) is 9.13 Å². The Morgan fingerprint density at radius 1 is 0.750 bits per heavy atom. The summed E-state index contributed by atoms with van der Waals surface area (Å²) in [6.45, 7) is 3.50. The van der Waals surface area contributed by atoms with E-state index in [2.05, 4.69) is 0 Å². The molecule has 0 aromatic heterocycles. The van der Waals surface area contributed by atoms with Gasteiger partial charge in [-0.3, -0.25) is 9.13 Å². The molecule has 0 unspecified atom stereocenters. The highest BCUT2D eigenvalue weighted by atomic mass is 31.2. The summed E-state index contributed by atoms with van der Waals surface area (Å²) in [6.07, 6.45) is 0. The minimum Gasteiger partial charge on any atom is -0.311 e. The minimum absolute atomic E-state index is 0.239. The van der Waals surface area contributed by atoms with E-state index in [0.717, 1.165) is 0 Å². The van der Waals surface area contributed by atoms with Crippen LogP contribution in [0.1, 0.15) is 13.8 Å². The summed E-state index contributed by atoms with van der Waals surface area (Å²) >= 11 is 0. The van der Waals surface area contributed by atoms with E-state index in [0.29, 0.717) is 0 Å². The van der Waals surface area contributed by atoms with Gasteiger partial charge in [0.25, 0.3) is 0 Å². The summed E-state index contributed by atoms with van der Waals surface area (Å²) in [6, 6.07) is 0. The molecule has 0 spiro atoms. The highest BCUT2D eigenvalue weighted by Crippen LogP contribution is 2.71. The average molecular weight is 274 g/mol. The van der Waals surface area contributed by atoms with Crippen molar-refractivity contribution in [3.05, 3.63) is 0 Å². The van der Waals surface area contributed by atoms with Crippen LogP contribution in [0.25, 0.3) is 0 Å². The molecule has 0 amide bonds. The Bertz CT molecular complexity index is 261. The van der Waals surface area contributed by atoms with Crippen molar-refractivity contribution in [1.29, 1.82) is 0 Å². The molecule has 8 heteroatoms. The summed E-state index contributed by atoms with van der Waals surface area (Å²) in [4.78, 5) is 0. The maximum atomic E-state index is 12.3. The monoisotopic (exact) mass is 274 g/mol. The van der Waals surface area contributed by atoms with Gasteiger partial charge in [0.2, 0.25) is 0 Å². The molecule has 0 rings (SSSR count). The van der Waals surface area contributed by atoms with Crippen LogP contribution in [0.4, 0.5) is 0 Å². The number of hydrogen-bond donors (Lipinski definition) is 0. The van der Waals surface area contributed by atoms with Gasteiger partial charge >= 0.3 is 15.2 Å². The lowest BCUT2D eigenvalue weighted by Gasteiger charge is -2.31. The van der Waals surface area contributed by atoms with Gasteiger partial charge in [0.1, 0.15) is 0 Å². The summed E-state index contributed by atoms with van der Waals surface area (Å²) in [7, 11) is -2.05. The normalized spacial score (nSPS) is 13.8. The molecule has 0 radical (unpaired) electrons. The largest absolute Gasteiger partial charge is 0.345 e. The van der Waals surface area contributed by atoms with Gasteiger partial charge in [-0.2, -0.15) is 0 Å². The van der Waals surface area contributed by atoms with Gasteiger partial charge in [0.15, 0.2) is 5.40 Å². The predicted octanol–water partition coefficient (Wildman–Crippen LogP) is 2.94. The van der Waals surface area contributed by atoms with Gasteiger partial charge in [-0.05, 0) is 5.92 Å². The predicted molar refractivity (Wildman–Crippen MR) is 61.9 cm³/mol. The van der Waals surface area contributed by atoms with Crippen LogP contribution in [0.2, 0.25) is 0 Å². The molecule has 0 aromatic rings. The van der Waals surface area contributed by atoms with Crippen molar-refractivity contribution in [1.82, 2.24) is 0 Å². The molecule has 0 aliphatic heterocycles. The molecule has 98 valence electrons. The number of hydrogen-bond acceptors (Lipinski definition) is 6. The van der Waals surface area contributed by atoms with Crippen LogP contribution in [-0.2, 0) is 27.2 Å². The van der Waals surface area contributed by atoms with Crippen LogP contribution < -0.4 is 0 Å². The second-order valence-corrected chi connectivity index (χ2v) is 8.61. The molecule has 0 heterocycles. The zero-order valence-electron chi connectivity index (χ0n) is 10.5. The Morgan fingerprint density at radius 2 is 1.00 bits per heavy atom. The molecule has 0 saturated carbocycles. The molecule has 0 aliphatic carbocycles. The molecular weight excluding hydrogens is 254 g/mol. The second kappa shape index (κ2) is 6.29. The molecule has 0 saturated heterocycles. The van der Waals surface area contributed by atoms with E-state index in [1.54, 1.807) is 13.8 Å². The maximum absolute atomic E-state index is 12.3. The van der Waals surface area contributed by atoms with Crippen molar-refractivity contribution in [3.63, 3.8) is 0 Å². The van der Waals surface area contributed by atoms with Crippen molar-refractivity contribution in [2.45, 2.75) is 19.2 Å².